The van der Waals surface area contributed by atoms with Gasteiger partial charge in [0.15, 0.2) is 5.78 Å². The van der Waals surface area contributed by atoms with Crippen LogP contribution >= 0.6 is 0 Å². The summed E-state index contributed by atoms with van der Waals surface area (Å²) >= 11 is 0. The molecule has 3 rings (SSSR count). The van der Waals surface area contributed by atoms with Crippen molar-refractivity contribution in [1.82, 2.24) is 0 Å². The van der Waals surface area contributed by atoms with Gasteiger partial charge in [0.1, 0.15) is 71.9 Å². The van der Waals surface area contributed by atoms with E-state index in [9.17, 15) is 89.3 Å². The molecule has 2 aliphatic rings. The number of halogens is 1. The van der Waals surface area contributed by atoms with E-state index in [0.717, 1.165) is 6.42 Å². The van der Waals surface area contributed by atoms with Crippen molar-refractivity contribution in [2.75, 3.05) is 13.2 Å². The van der Waals surface area contributed by atoms with E-state index in [1.165, 1.54) is 91.7 Å². The zero-order chi connectivity index (χ0) is 96.6. The van der Waals surface area contributed by atoms with Crippen molar-refractivity contribution in [2.45, 2.75) is 303 Å². The first-order valence-electron chi connectivity index (χ1n) is 43.9. The van der Waals surface area contributed by atoms with Crippen LogP contribution in [0.1, 0.15) is 241 Å². The number of terminal acetylenes is 1. The maximum atomic E-state index is 12.7. The molecule has 19 heteroatoms. The number of allylic oxidation sites excluding steroid dienone is 18. The first-order valence-corrected chi connectivity index (χ1v) is 43.9. The van der Waals surface area contributed by atoms with Crippen LogP contribution in [0.25, 0.3) is 0 Å². The Labute approximate surface area is 770 Å². The Balaban J connectivity index is -0.00000148. The fourth-order valence-electron chi connectivity index (χ4n) is 9.80. The van der Waals surface area contributed by atoms with E-state index >= 15 is 0 Å². The number of ether oxygens (including phenoxy) is 1. The monoisotopic (exact) mass is 1770 g/mol. The van der Waals surface area contributed by atoms with Gasteiger partial charge in [0.25, 0.3) is 0 Å². The zero-order valence-electron chi connectivity index (χ0n) is 77.0. The number of aliphatic hydroxyl groups is 11. The van der Waals surface area contributed by atoms with Gasteiger partial charge < -0.3 is 84.9 Å². The van der Waals surface area contributed by atoms with Crippen LogP contribution in [0.4, 0.5) is 4.39 Å². The number of Topliss-reactive ketones (excluding diaryl/α,β-unsaturated/α-hetero) is 6. The number of benzene rings is 1. The molecule has 2 fully saturated rings. The molecular weight excluding hydrogens is 1630 g/mol. The van der Waals surface area contributed by atoms with Crippen LogP contribution in [0.15, 0.2) is 170 Å². The lowest BCUT2D eigenvalue weighted by atomic mass is 9.90. The van der Waals surface area contributed by atoms with Crippen LogP contribution in [0.2, 0.25) is 0 Å². The van der Waals surface area contributed by atoms with Crippen molar-refractivity contribution in [3.63, 3.8) is 0 Å². The summed E-state index contributed by atoms with van der Waals surface area (Å²) in [6, 6.07) is 5.83. The van der Waals surface area contributed by atoms with Crippen molar-refractivity contribution >= 4 is 34.7 Å². The van der Waals surface area contributed by atoms with E-state index in [1.807, 2.05) is 13.8 Å². The predicted molar refractivity (Wildman–Crippen MR) is 515 cm³/mol. The largest absolute Gasteiger partial charge is 0.389 e. The average molecular weight is 1770 g/mol. The van der Waals surface area contributed by atoms with Gasteiger partial charge in [-0.3, -0.25) is 4.79 Å². The van der Waals surface area contributed by atoms with Crippen molar-refractivity contribution in [2.24, 2.45) is 17.8 Å². The van der Waals surface area contributed by atoms with Crippen LogP contribution in [-0.2, 0) is 33.5 Å². The van der Waals surface area contributed by atoms with Gasteiger partial charge in [-0.25, -0.2) is 4.39 Å². The summed E-state index contributed by atoms with van der Waals surface area (Å²) in [4.78, 5) is 64.3. The van der Waals surface area contributed by atoms with Gasteiger partial charge in [-0.1, -0.05) is 256 Å². The van der Waals surface area contributed by atoms with Gasteiger partial charge in [0.05, 0.1) is 43.2 Å². The number of rotatable bonds is 41. The van der Waals surface area contributed by atoms with Crippen molar-refractivity contribution in [3.05, 3.63) is 181 Å². The maximum Gasteiger partial charge on any atom is 0.155 e. The zero-order valence-corrected chi connectivity index (χ0v) is 77.0. The molecule has 0 aromatic heterocycles. The van der Waals surface area contributed by atoms with Crippen molar-refractivity contribution < 1.29 is 94.1 Å². The van der Waals surface area contributed by atoms with Gasteiger partial charge in [-0.05, 0) is 186 Å². The Kier molecular flexibility index (Phi) is 82.6. The van der Waals surface area contributed by atoms with E-state index in [2.05, 4.69) is 124 Å². The summed E-state index contributed by atoms with van der Waals surface area (Å²) in [5.41, 5.74) is 0.691. The van der Waals surface area contributed by atoms with Gasteiger partial charge in [0.2, 0.25) is 0 Å². The van der Waals surface area contributed by atoms with Crippen LogP contribution < -0.4 is 0 Å². The van der Waals surface area contributed by atoms with Crippen LogP contribution in [0.3, 0.4) is 0 Å². The summed E-state index contributed by atoms with van der Waals surface area (Å²) in [5, 5.41) is 105. The second kappa shape index (κ2) is 87.4. The molecule has 0 heterocycles. The number of carbonyl (C=O) groups excluding carboxylic acids is 6. The van der Waals surface area contributed by atoms with Crippen LogP contribution in [0.5, 0.6) is 0 Å². The molecule has 11 N–H and O–H groups in total. The second-order valence-electron chi connectivity index (χ2n) is 30.3. The molecule has 0 saturated heterocycles. The molecule has 2 aliphatic carbocycles. The van der Waals surface area contributed by atoms with E-state index < -0.39 is 61.0 Å². The second-order valence-corrected chi connectivity index (χ2v) is 30.3. The Morgan fingerprint density at radius 2 is 0.752 bits per heavy atom. The van der Waals surface area contributed by atoms with Gasteiger partial charge in [-0.15, -0.1) is 30.1 Å². The standard InChI is InChI=1S/C22H30O3.C21H21FO3.C19H26O3.C17H22O3.C16H22O3.C15H18O3/c1-19(23)11-9-17-21(24)15-7-2-3-8-16-22(25)18-10-14-20-12-5-4-6-13-20;1-17(23)11-16-21(25)9-5-3-2-4-8-20(24)10-6-7-18-12-14-19(22)15-13-18;1-16(2)10-8-14-18(21)12-6-4-5-7-13-19(22)15-9-11-17(3)20;1-3-4-11-16(19)12-7-5-6-8-13-17(20)14-9-10-15(2)18;1-13(17)8-11-15(18)6-4-2-3-5-7-16(19)12-14-9-10-14;1-3-10-15(17)11-8-6-4-5-7-9-12-18-13-14(2)16/h2-3,8,16,20-22,24-25H,4-6,9,11-13,17-18H2,1H3;2-4,8,12-15,20-21,24-25H,10-11,16H2,1H3;4-6,12,16,18-19,21-22H,9,11,14-15H2,1-3H3;5-7,12,16-17,19-20H,9-11,14H2,1-2H3;2-3,5,7,14-16,18-19H,8-12H2,1H3;1,4,6,8,11,15,17H,9-10,12-13H2,2H3/b3-2+,16-8+;3-2+,8-4+;5-4+,12-6+;6-5+,12-7+;3-2+,7-5+;6-4+,11-8+/t21-,22+;20-,21+;18-,19+;16-,17-;15-,16+;15-/m100111/s1. The molecule has 129 heavy (non-hydrogen) atoms. The number of aliphatic hydroxyl groups excluding tert-OH is 11. The molecule has 1 aromatic rings. The average Bonchev–Trinajstić information content (AvgIpc) is 1.81. The molecule has 2 saturated carbocycles. The Bertz CT molecular complexity index is 4480. The molecule has 0 spiro atoms. The summed E-state index contributed by atoms with van der Waals surface area (Å²) in [6.45, 7) is 15.4. The van der Waals surface area contributed by atoms with Crippen LogP contribution in [0, 0.1) is 154 Å². The number of hydrogen-bond donors (Lipinski definition) is 11. The maximum absolute atomic E-state index is 12.7. The molecule has 694 valence electrons. The third-order valence-corrected chi connectivity index (χ3v) is 16.7. The summed E-state index contributed by atoms with van der Waals surface area (Å²) in [5.74, 6) is 60.1. The number of hydrogen-bond acceptors (Lipinski definition) is 18. The van der Waals surface area contributed by atoms with E-state index in [-0.39, 0.29) is 59.6 Å². The molecule has 0 radical (unpaired) electrons. The minimum Gasteiger partial charge on any atom is -0.389 e. The highest BCUT2D eigenvalue weighted by molar-refractivity contribution is 5.77. The highest BCUT2D eigenvalue weighted by Gasteiger charge is 2.23. The normalized spacial score (nSPS) is 14.7. The molecule has 0 unspecified atom stereocenters. The lowest BCUT2D eigenvalue weighted by Gasteiger charge is -2.15. The van der Waals surface area contributed by atoms with E-state index in [0.29, 0.717) is 145 Å². The first kappa shape index (κ1) is 122. The topological polar surface area (TPSA) is 334 Å². The lowest BCUT2D eigenvalue weighted by Crippen LogP contribution is -2.05. The van der Waals surface area contributed by atoms with Crippen molar-refractivity contribution in [1.29, 1.82) is 0 Å². The minimum absolute atomic E-state index is 0.0125. The molecule has 1 aromatic carbocycles. The highest BCUT2D eigenvalue weighted by Crippen LogP contribution is 2.33. The number of carbonyl (C=O) groups is 6. The number of ketones is 6. The van der Waals surface area contributed by atoms with Crippen molar-refractivity contribution in [3.8, 4) is 131 Å². The highest BCUT2D eigenvalue weighted by atomic mass is 19.1. The quantitative estimate of drug-likeness (QED) is 0.0165. The smallest absolute Gasteiger partial charge is 0.155 e. The molecule has 0 aliphatic heterocycles. The minimum atomic E-state index is -0.815. The summed E-state index contributed by atoms with van der Waals surface area (Å²) < 4.78 is 17.8. The van der Waals surface area contributed by atoms with Gasteiger partial charge in [-0.2, -0.15) is 0 Å². The molecular formula is C110H139FO18. The third kappa shape index (κ3) is 98.8. The first-order chi connectivity index (χ1) is 61.8. The molecule has 11 atom stereocenters. The summed E-state index contributed by atoms with van der Waals surface area (Å²) in [7, 11) is 0. The third-order valence-electron chi connectivity index (χ3n) is 16.7. The Morgan fingerprint density at radius 1 is 0.403 bits per heavy atom. The van der Waals surface area contributed by atoms with Crippen LogP contribution in [-0.4, -0.2) is 171 Å². The molecule has 0 amide bonds. The predicted octanol–water partition coefficient (Wildman–Crippen LogP) is 14.4. The molecule has 0 bridgehead atoms. The lowest BCUT2D eigenvalue weighted by molar-refractivity contribution is -0.121. The van der Waals surface area contributed by atoms with E-state index in [4.69, 9.17) is 11.2 Å². The SMILES string of the molecule is C#CC[C@@H](O)/C=C/C=C/C#CCCOCC(C)=O.CC#CC[C@@H](O)/C=C/C=C/C#C[C@@H](O)CCCC(C)=O.CC(=O)CCC[C@H](O)C#C/C=C/C=C/[C@H](O)CC#CC(C)C.CC(=O)CCC[C@H](O)C#C/C=C/C=C/[C@H](O)CC#CC1CCCCC1.CC(=O)CC[C@H](O)C#C/C=C/C=C/[C@H](O)CC#Cc1ccc(F)cc1.CC(=O)CC[C@H](O)C#C/C=C/C=C/[C@H](O)CC1CC1. The van der Waals surface area contributed by atoms with Gasteiger partial charge >= 0.3 is 0 Å². The molecule has 18 nitrogen and oxygen atoms in total. The fourth-order valence-corrected chi connectivity index (χ4v) is 9.80. The Morgan fingerprint density at radius 3 is 1.11 bits per heavy atom. The Hall–Kier alpha value is -11.3. The van der Waals surface area contributed by atoms with Gasteiger partial charge in [0, 0.05) is 88.0 Å². The fraction of sp³-hybridized carbons (Fsp3) is 0.473. The van der Waals surface area contributed by atoms with E-state index in [1.54, 1.807) is 172 Å². The summed E-state index contributed by atoms with van der Waals surface area (Å²) in [6.07, 6.45) is 56.4.